The van der Waals surface area contributed by atoms with Crippen LogP contribution >= 0.6 is 15.9 Å². The Morgan fingerprint density at radius 1 is 1.58 bits per heavy atom. The molecule has 0 aromatic heterocycles. The lowest BCUT2D eigenvalue weighted by Gasteiger charge is -2.05. The average molecular weight is 229 g/mol. The molecule has 0 saturated carbocycles. The Labute approximate surface area is 78.4 Å². The first kappa shape index (κ1) is 9.24. The van der Waals surface area contributed by atoms with E-state index in [0.29, 0.717) is 10.0 Å². The number of hydrogen-bond donors (Lipinski definition) is 1. The van der Waals surface area contributed by atoms with Gasteiger partial charge >= 0.3 is 0 Å². The van der Waals surface area contributed by atoms with E-state index in [4.69, 9.17) is 6.42 Å². The van der Waals surface area contributed by atoms with Crippen molar-refractivity contribution >= 4 is 15.9 Å². The molecule has 0 fully saturated rings. The summed E-state index contributed by atoms with van der Waals surface area (Å²) in [4.78, 5) is 0. The molecule has 0 aliphatic rings. The van der Waals surface area contributed by atoms with Crippen LogP contribution < -0.4 is 0 Å². The summed E-state index contributed by atoms with van der Waals surface area (Å²) in [6, 6.07) is 4.00. The molecule has 1 N–H and O–H groups in total. The number of benzene rings is 1. The summed E-state index contributed by atoms with van der Waals surface area (Å²) in [5, 5.41) is 9.20. The number of halogens is 2. The van der Waals surface area contributed by atoms with Crippen molar-refractivity contribution in [1.82, 2.24) is 0 Å². The molecule has 62 valence electrons. The molecule has 1 atom stereocenters. The van der Waals surface area contributed by atoms with Crippen molar-refractivity contribution < 1.29 is 9.50 Å². The molecule has 1 aromatic rings. The second-order valence-corrected chi connectivity index (χ2v) is 3.09. The van der Waals surface area contributed by atoms with Crippen molar-refractivity contribution in [3.05, 3.63) is 34.1 Å². The maximum atomic E-state index is 12.6. The highest BCUT2D eigenvalue weighted by Gasteiger charge is 2.08. The van der Waals surface area contributed by atoms with Gasteiger partial charge < -0.3 is 5.11 Å². The van der Waals surface area contributed by atoms with Crippen LogP contribution in [0, 0.1) is 18.2 Å². The van der Waals surface area contributed by atoms with E-state index >= 15 is 0 Å². The molecule has 1 rings (SSSR count). The zero-order valence-corrected chi connectivity index (χ0v) is 7.68. The van der Waals surface area contributed by atoms with E-state index < -0.39 is 11.9 Å². The van der Waals surface area contributed by atoms with Crippen molar-refractivity contribution in [2.24, 2.45) is 0 Å². The van der Waals surface area contributed by atoms with E-state index in [0.717, 1.165) is 0 Å². The highest BCUT2D eigenvalue weighted by Crippen LogP contribution is 2.23. The quantitative estimate of drug-likeness (QED) is 0.732. The summed E-state index contributed by atoms with van der Waals surface area (Å²) < 4.78 is 13.2. The first-order chi connectivity index (χ1) is 5.65. The van der Waals surface area contributed by atoms with E-state index in [9.17, 15) is 9.50 Å². The molecular weight excluding hydrogens is 223 g/mol. The zero-order valence-electron chi connectivity index (χ0n) is 6.09. The first-order valence-electron chi connectivity index (χ1n) is 3.24. The highest BCUT2D eigenvalue weighted by molar-refractivity contribution is 9.10. The molecule has 0 bridgehead atoms. The van der Waals surface area contributed by atoms with Gasteiger partial charge in [-0.1, -0.05) is 21.9 Å². The second kappa shape index (κ2) is 3.70. The van der Waals surface area contributed by atoms with E-state index in [2.05, 4.69) is 21.9 Å². The molecule has 0 radical (unpaired) electrons. The number of terminal acetylenes is 1. The van der Waals surface area contributed by atoms with Gasteiger partial charge in [0, 0.05) is 10.0 Å². The summed E-state index contributed by atoms with van der Waals surface area (Å²) >= 11 is 3.15. The fourth-order valence-electron chi connectivity index (χ4n) is 0.814. The molecule has 12 heavy (non-hydrogen) atoms. The van der Waals surface area contributed by atoms with Crippen LogP contribution in [0.2, 0.25) is 0 Å². The van der Waals surface area contributed by atoms with Crippen LogP contribution in [-0.4, -0.2) is 5.11 Å². The fraction of sp³-hybridized carbons (Fsp3) is 0.111. The predicted molar refractivity (Wildman–Crippen MR) is 47.9 cm³/mol. The Morgan fingerprint density at radius 2 is 2.25 bits per heavy atom. The number of hydrogen-bond acceptors (Lipinski definition) is 1. The van der Waals surface area contributed by atoms with Crippen LogP contribution in [0.5, 0.6) is 0 Å². The summed E-state index contributed by atoms with van der Waals surface area (Å²) in [7, 11) is 0. The van der Waals surface area contributed by atoms with Crippen molar-refractivity contribution in [2.75, 3.05) is 0 Å². The third kappa shape index (κ3) is 1.84. The van der Waals surface area contributed by atoms with Gasteiger partial charge in [0.2, 0.25) is 0 Å². The molecule has 0 spiro atoms. The van der Waals surface area contributed by atoms with Gasteiger partial charge in [-0.05, 0) is 18.2 Å². The van der Waals surface area contributed by atoms with Gasteiger partial charge in [0.15, 0.2) is 0 Å². The standard InChI is InChI=1S/C9H6BrFO/c1-2-9(12)7-5-6(11)3-4-8(7)10/h1,3-5,9,12H. The molecule has 0 amide bonds. The van der Waals surface area contributed by atoms with Gasteiger partial charge in [-0.25, -0.2) is 4.39 Å². The Morgan fingerprint density at radius 3 is 2.83 bits per heavy atom. The number of rotatable bonds is 1. The maximum absolute atomic E-state index is 12.6. The maximum Gasteiger partial charge on any atom is 0.141 e. The highest BCUT2D eigenvalue weighted by atomic mass is 79.9. The summed E-state index contributed by atoms with van der Waals surface area (Å²) in [5.74, 6) is 1.69. The van der Waals surface area contributed by atoms with Crippen LogP contribution in [0.1, 0.15) is 11.7 Å². The molecule has 3 heteroatoms. The minimum Gasteiger partial charge on any atom is -0.376 e. The smallest absolute Gasteiger partial charge is 0.141 e. The molecule has 0 saturated heterocycles. The zero-order chi connectivity index (χ0) is 9.14. The predicted octanol–water partition coefficient (Wildman–Crippen LogP) is 2.25. The minimum atomic E-state index is -1.06. The fourth-order valence-corrected chi connectivity index (χ4v) is 1.28. The lowest BCUT2D eigenvalue weighted by molar-refractivity contribution is 0.237. The van der Waals surface area contributed by atoms with Gasteiger partial charge in [-0.15, -0.1) is 6.42 Å². The van der Waals surface area contributed by atoms with Gasteiger partial charge in [0.05, 0.1) is 0 Å². The third-order valence-electron chi connectivity index (χ3n) is 1.41. The van der Waals surface area contributed by atoms with Crippen molar-refractivity contribution in [3.63, 3.8) is 0 Å². The van der Waals surface area contributed by atoms with Crippen LogP contribution in [0.15, 0.2) is 22.7 Å². The van der Waals surface area contributed by atoms with Gasteiger partial charge in [0.25, 0.3) is 0 Å². The SMILES string of the molecule is C#CC(O)c1cc(F)ccc1Br. The van der Waals surface area contributed by atoms with Crippen LogP contribution in [0.3, 0.4) is 0 Å². The number of aliphatic hydroxyl groups excluding tert-OH is 1. The molecule has 0 aliphatic carbocycles. The molecule has 1 aromatic carbocycles. The lowest BCUT2D eigenvalue weighted by atomic mass is 10.1. The monoisotopic (exact) mass is 228 g/mol. The largest absolute Gasteiger partial charge is 0.376 e. The Balaban J connectivity index is 3.15. The van der Waals surface area contributed by atoms with Gasteiger partial charge in [-0.3, -0.25) is 0 Å². The number of aliphatic hydroxyl groups is 1. The molecule has 1 unspecified atom stereocenters. The van der Waals surface area contributed by atoms with Crippen molar-refractivity contribution in [3.8, 4) is 12.3 Å². The third-order valence-corrected chi connectivity index (χ3v) is 2.13. The summed E-state index contributed by atoms with van der Waals surface area (Å²) in [5.41, 5.74) is 0.373. The average Bonchev–Trinajstić information content (AvgIpc) is 2.08. The van der Waals surface area contributed by atoms with E-state index in [1.54, 1.807) is 0 Å². The van der Waals surface area contributed by atoms with Crippen molar-refractivity contribution in [2.45, 2.75) is 6.10 Å². The minimum absolute atomic E-state index is 0.373. The Hall–Kier alpha value is -0.850. The Kier molecular flexibility index (Phi) is 2.85. The molecule has 1 nitrogen and oxygen atoms in total. The van der Waals surface area contributed by atoms with E-state index in [1.165, 1.54) is 18.2 Å². The second-order valence-electron chi connectivity index (χ2n) is 2.24. The van der Waals surface area contributed by atoms with Crippen LogP contribution in [-0.2, 0) is 0 Å². The molecule has 0 heterocycles. The van der Waals surface area contributed by atoms with Gasteiger partial charge in [0.1, 0.15) is 11.9 Å². The first-order valence-corrected chi connectivity index (χ1v) is 4.03. The van der Waals surface area contributed by atoms with E-state index in [-0.39, 0.29) is 0 Å². The summed E-state index contributed by atoms with van der Waals surface area (Å²) in [6.07, 6.45) is 3.92. The Bertz CT molecular complexity index is 330. The lowest BCUT2D eigenvalue weighted by Crippen LogP contribution is -1.95. The van der Waals surface area contributed by atoms with E-state index in [1.807, 2.05) is 0 Å². The van der Waals surface area contributed by atoms with Crippen molar-refractivity contribution in [1.29, 1.82) is 0 Å². The molecule has 0 aliphatic heterocycles. The topological polar surface area (TPSA) is 20.2 Å². The van der Waals surface area contributed by atoms with Crippen LogP contribution in [0.25, 0.3) is 0 Å². The van der Waals surface area contributed by atoms with Gasteiger partial charge in [-0.2, -0.15) is 0 Å². The van der Waals surface area contributed by atoms with Crippen LogP contribution in [0.4, 0.5) is 4.39 Å². The normalized spacial score (nSPS) is 12.2. The summed E-state index contributed by atoms with van der Waals surface area (Å²) in [6.45, 7) is 0. The molecular formula is C9H6BrFO.